The van der Waals surface area contributed by atoms with Crippen molar-refractivity contribution in [3.63, 3.8) is 0 Å². The van der Waals surface area contributed by atoms with Crippen molar-refractivity contribution in [2.45, 2.75) is 31.8 Å². The zero-order valence-corrected chi connectivity index (χ0v) is 11.9. The quantitative estimate of drug-likeness (QED) is 0.853. The molecule has 0 bridgehead atoms. The first-order chi connectivity index (χ1) is 7.90. The van der Waals surface area contributed by atoms with Crippen LogP contribution < -0.4 is 0 Å². The molecular formula is C13H16O2S2. The van der Waals surface area contributed by atoms with Crippen molar-refractivity contribution >= 4 is 31.3 Å². The van der Waals surface area contributed by atoms with E-state index in [9.17, 15) is 8.42 Å². The number of thiophene rings is 1. The van der Waals surface area contributed by atoms with Crippen molar-refractivity contribution < 1.29 is 8.42 Å². The van der Waals surface area contributed by atoms with Gasteiger partial charge in [-0.3, -0.25) is 0 Å². The highest BCUT2D eigenvalue weighted by atomic mass is 32.2. The molecule has 92 valence electrons. The van der Waals surface area contributed by atoms with Gasteiger partial charge < -0.3 is 0 Å². The lowest BCUT2D eigenvalue weighted by molar-refractivity contribution is 0.587. The number of aryl methyl sites for hydroxylation is 1. The number of benzene rings is 1. The van der Waals surface area contributed by atoms with Gasteiger partial charge in [-0.25, -0.2) is 8.42 Å². The third-order valence-electron chi connectivity index (χ3n) is 2.89. The van der Waals surface area contributed by atoms with Crippen molar-refractivity contribution in [3.05, 3.63) is 34.7 Å². The average molecular weight is 268 g/mol. The van der Waals surface area contributed by atoms with E-state index in [0.717, 1.165) is 10.9 Å². The third-order valence-corrected chi connectivity index (χ3v) is 6.03. The second kappa shape index (κ2) is 4.42. The summed E-state index contributed by atoms with van der Waals surface area (Å²) < 4.78 is 25.0. The summed E-state index contributed by atoms with van der Waals surface area (Å²) in [6.07, 6.45) is 0. The predicted molar refractivity (Wildman–Crippen MR) is 74.3 cm³/mol. The normalized spacial score (nSPS) is 12.5. The van der Waals surface area contributed by atoms with Crippen molar-refractivity contribution in [1.82, 2.24) is 0 Å². The molecule has 0 saturated carbocycles. The van der Waals surface area contributed by atoms with Crippen LogP contribution in [0.3, 0.4) is 0 Å². The molecular weight excluding hydrogens is 252 g/mol. The second-order valence-corrected chi connectivity index (χ2v) is 8.08. The van der Waals surface area contributed by atoms with E-state index in [1.54, 1.807) is 25.2 Å². The number of hydrogen-bond donors (Lipinski definition) is 0. The standard InChI is InChI=1S/C13H16O2S2/c1-9(2)17(14,15)8-11-7-16-13-6-10(3)4-5-12(11)13/h4-7,9H,8H2,1-3H3. The highest BCUT2D eigenvalue weighted by Crippen LogP contribution is 2.28. The molecule has 0 aliphatic heterocycles. The molecule has 2 rings (SSSR count). The summed E-state index contributed by atoms with van der Waals surface area (Å²) in [5, 5.41) is 2.72. The van der Waals surface area contributed by atoms with E-state index in [1.165, 1.54) is 10.3 Å². The molecule has 0 spiro atoms. The molecule has 1 heterocycles. The number of fused-ring (bicyclic) bond motifs is 1. The number of sulfone groups is 1. The lowest BCUT2D eigenvalue weighted by Crippen LogP contribution is -2.15. The predicted octanol–water partition coefficient (Wildman–Crippen LogP) is 3.53. The Bertz CT molecular complexity index is 636. The molecule has 0 amide bonds. The highest BCUT2D eigenvalue weighted by molar-refractivity contribution is 7.91. The molecule has 0 atom stereocenters. The summed E-state index contributed by atoms with van der Waals surface area (Å²) in [4.78, 5) is 0. The number of rotatable bonds is 3. The maximum Gasteiger partial charge on any atom is 0.156 e. The molecule has 0 fully saturated rings. The maximum absolute atomic E-state index is 11.9. The van der Waals surface area contributed by atoms with Crippen molar-refractivity contribution in [1.29, 1.82) is 0 Å². The average Bonchev–Trinajstić information content (AvgIpc) is 2.60. The second-order valence-electron chi connectivity index (χ2n) is 4.62. The Morgan fingerprint density at radius 3 is 2.65 bits per heavy atom. The van der Waals surface area contributed by atoms with Gasteiger partial charge in [0.1, 0.15) is 0 Å². The molecule has 17 heavy (non-hydrogen) atoms. The molecule has 1 aromatic carbocycles. The van der Waals surface area contributed by atoms with Crippen molar-refractivity contribution in [2.75, 3.05) is 0 Å². The zero-order valence-electron chi connectivity index (χ0n) is 10.2. The Hall–Kier alpha value is -0.870. The molecule has 2 aromatic rings. The van der Waals surface area contributed by atoms with Crippen LogP contribution in [0.5, 0.6) is 0 Å². The smallest absolute Gasteiger partial charge is 0.156 e. The van der Waals surface area contributed by atoms with E-state index in [-0.39, 0.29) is 11.0 Å². The van der Waals surface area contributed by atoms with E-state index in [0.29, 0.717) is 0 Å². The summed E-state index contributed by atoms with van der Waals surface area (Å²) in [7, 11) is -3.02. The van der Waals surface area contributed by atoms with Gasteiger partial charge in [0.2, 0.25) is 0 Å². The SMILES string of the molecule is Cc1ccc2c(CS(=O)(=O)C(C)C)csc2c1. The summed E-state index contributed by atoms with van der Waals surface area (Å²) >= 11 is 1.62. The van der Waals surface area contributed by atoms with Crippen LogP contribution in [0.1, 0.15) is 25.0 Å². The van der Waals surface area contributed by atoms with Gasteiger partial charge in [0.05, 0.1) is 11.0 Å². The van der Waals surface area contributed by atoms with Gasteiger partial charge in [-0.1, -0.05) is 12.1 Å². The fourth-order valence-corrected chi connectivity index (χ4v) is 3.86. The van der Waals surface area contributed by atoms with E-state index in [4.69, 9.17) is 0 Å². The van der Waals surface area contributed by atoms with E-state index < -0.39 is 9.84 Å². The molecule has 0 aliphatic carbocycles. The first-order valence-corrected chi connectivity index (χ1v) is 8.18. The van der Waals surface area contributed by atoms with Gasteiger partial charge in [0.25, 0.3) is 0 Å². The lowest BCUT2D eigenvalue weighted by atomic mass is 10.1. The van der Waals surface area contributed by atoms with Crippen LogP contribution in [0.25, 0.3) is 10.1 Å². The van der Waals surface area contributed by atoms with Crippen LogP contribution >= 0.6 is 11.3 Å². The fourth-order valence-electron chi connectivity index (χ4n) is 1.69. The number of hydrogen-bond acceptors (Lipinski definition) is 3. The van der Waals surface area contributed by atoms with E-state index in [1.807, 2.05) is 24.4 Å². The van der Waals surface area contributed by atoms with Gasteiger partial charge in [-0.15, -0.1) is 11.3 Å². The molecule has 0 radical (unpaired) electrons. The van der Waals surface area contributed by atoms with Crippen LogP contribution in [0.15, 0.2) is 23.6 Å². The Balaban J connectivity index is 2.45. The van der Waals surface area contributed by atoms with E-state index >= 15 is 0 Å². The maximum atomic E-state index is 11.9. The van der Waals surface area contributed by atoms with Gasteiger partial charge in [-0.05, 0) is 48.7 Å². The minimum atomic E-state index is -3.02. The molecule has 0 unspecified atom stereocenters. The minimum Gasteiger partial charge on any atom is -0.228 e. The first kappa shape index (κ1) is 12.6. The Morgan fingerprint density at radius 2 is 2.00 bits per heavy atom. The Morgan fingerprint density at radius 1 is 1.29 bits per heavy atom. The molecule has 2 nitrogen and oxygen atoms in total. The van der Waals surface area contributed by atoms with Gasteiger partial charge in [0, 0.05) is 4.70 Å². The molecule has 0 aliphatic rings. The van der Waals surface area contributed by atoms with Crippen molar-refractivity contribution in [2.24, 2.45) is 0 Å². The minimum absolute atomic E-state index is 0.147. The zero-order chi connectivity index (χ0) is 12.6. The van der Waals surface area contributed by atoms with Gasteiger partial charge >= 0.3 is 0 Å². The Kier molecular flexibility index (Phi) is 3.27. The van der Waals surface area contributed by atoms with E-state index in [2.05, 4.69) is 6.07 Å². The Labute approximate surface area is 106 Å². The van der Waals surface area contributed by atoms with Gasteiger partial charge in [0.15, 0.2) is 9.84 Å². The monoisotopic (exact) mass is 268 g/mol. The summed E-state index contributed by atoms with van der Waals surface area (Å²) in [5.74, 6) is 0.147. The largest absolute Gasteiger partial charge is 0.228 e. The summed E-state index contributed by atoms with van der Waals surface area (Å²) in [6.45, 7) is 5.51. The summed E-state index contributed by atoms with van der Waals surface area (Å²) in [6, 6.07) is 6.15. The van der Waals surface area contributed by atoms with Gasteiger partial charge in [-0.2, -0.15) is 0 Å². The van der Waals surface area contributed by atoms with Crippen LogP contribution in [-0.4, -0.2) is 13.7 Å². The summed E-state index contributed by atoms with van der Waals surface area (Å²) in [5.41, 5.74) is 2.14. The topological polar surface area (TPSA) is 34.1 Å². The molecule has 0 N–H and O–H groups in total. The third kappa shape index (κ3) is 2.53. The van der Waals surface area contributed by atoms with Crippen LogP contribution in [0.4, 0.5) is 0 Å². The fraction of sp³-hybridized carbons (Fsp3) is 0.385. The first-order valence-electron chi connectivity index (χ1n) is 5.58. The molecule has 0 saturated heterocycles. The van der Waals surface area contributed by atoms with Crippen LogP contribution in [-0.2, 0) is 15.6 Å². The van der Waals surface area contributed by atoms with Crippen LogP contribution in [0.2, 0.25) is 0 Å². The lowest BCUT2D eigenvalue weighted by Gasteiger charge is -2.06. The molecule has 4 heteroatoms. The van der Waals surface area contributed by atoms with Crippen LogP contribution in [0, 0.1) is 6.92 Å². The molecule has 1 aromatic heterocycles. The van der Waals surface area contributed by atoms with Crippen molar-refractivity contribution in [3.8, 4) is 0 Å². The highest BCUT2D eigenvalue weighted by Gasteiger charge is 2.18.